The van der Waals surface area contributed by atoms with Crippen LogP contribution in [0.15, 0.2) is 51.9 Å². The molecule has 0 bridgehead atoms. The second-order valence-corrected chi connectivity index (χ2v) is 7.66. The summed E-state index contributed by atoms with van der Waals surface area (Å²) in [6.45, 7) is 1.81. The number of hydrogen-bond donors (Lipinski definition) is 1. The minimum atomic E-state index is -3.74. The predicted octanol–water partition coefficient (Wildman–Crippen LogP) is 2.79. The van der Waals surface area contributed by atoms with Gasteiger partial charge in [0.15, 0.2) is 0 Å². The first kappa shape index (κ1) is 19.8. The number of nitrogens with zero attached hydrogens (tertiary/aromatic N) is 2. The fraction of sp³-hybridized carbons (Fsp3) is 0.263. The van der Waals surface area contributed by atoms with Gasteiger partial charge in [-0.3, -0.25) is 0 Å². The number of nitrogens with one attached hydrogen (secondary N) is 1. The van der Waals surface area contributed by atoms with E-state index >= 15 is 0 Å². The van der Waals surface area contributed by atoms with E-state index in [0.29, 0.717) is 29.3 Å². The first-order chi connectivity index (χ1) is 13.5. The Morgan fingerprint density at radius 2 is 1.93 bits per heavy atom. The van der Waals surface area contributed by atoms with E-state index in [2.05, 4.69) is 14.9 Å². The normalized spacial score (nSPS) is 11.4. The van der Waals surface area contributed by atoms with Gasteiger partial charge in [-0.2, -0.15) is 4.98 Å². The molecule has 0 saturated heterocycles. The Bertz CT molecular complexity index is 1060. The molecule has 0 spiro atoms. The van der Waals surface area contributed by atoms with Crippen LogP contribution in [0.2, 0.25) is 0 Å². The van der Waals surface area contributed by atoms with Crippen LogP contribution in [0, 0.1) is 0 Å². The van der Waals surface area contributed by atoms with E-state index < -0.39 is 10.0 Å². The SMILES string of the molecule is CCc1cc(S(=O)(=O)NCc2nc(-c3cccc(OC)c3)no2)ccc1OC. The molecular formula is C19H21N3O5S. The van der Waals surface area contributed by atoms with Crippen molar-refractivity contribution in [3.05, 3.63) is 53.9 Å². The van der Waals surface area contributed by atoms with Crippen molar-refractivity contribution in [2.45, 2.75) is 24.8 Å². The lowest BCUT2D eigenvalue weighted by Crippen LogP contribution is -2.23. The first-order valence-corrected chi connectivity index (χ1v) is 10.1. The summed E-state index contributed by atoms with van der Waals surface area (Å²) in [5, 5.41) is 3.89. The summed E-state index contributed by atoms with van der Waals surface area (Å²) in [4.78, 5) is 4.38. The zero-order valence-corrected chi connectivity index (χ0v) is 16.6. The third-order valence-corrected chi connectivity index (χ3v) is 5.55. The maximum Gasteiger partial charge on any atom is 0.242 e. The minimum Gasteiger partial charge on any atom is -0.497 e. The van der Waals surface area contributed by atoms with Gasteiger partial charge in [0.2, 0.25) is 21.7 Å². The van der Waals surface area contributed by atoms with Crippen molar-refractivity contribution < 1.29 is 22.4 Å². The summed E-state index contributed by atoms with van der Waals surface area (Å²) in [5.41, 5.74) is 1.52. The maximum absolute atomic E-state index is 12.6. The van der Waals surface area contributed by atoms with Crippen LogP contribution in [0.3, 0.4) is 0 Å². The van der Waals surface area contributed by atoms with Gasteiger partial charge in [-0.25, -0.2) is 13.1 Å². The Morgan fingerprint density at radius 3 is 2.64 bits per heavy atom. The molecule has 3 aromatic rings. The molecule has 0 atom stereocenters. The fourth-order valence-electron chi connectivity index (χ4n) is 2.64. The molecular weight excluding hydrogens is 382 g/mol. The van der Waals surface area contributed by atoms with Crippen LogP contribution >= 0.6 is 0 Å². The lowest BCUT2D eigenvalue weighted by atomic mass is 10.1. The number of aryl methyl sites for hydroxylation is 1. The molecule has 148 valence electrons. The summed E-state index contributed by atoms with van der Waals surface area (Å²) >= 11 is 0. The van der Waals surface area contributed by atoms with Gasteiger partial charge in [0.25, 0.3) is 0 Å². The number of methoxy groups -OCH3 is 2. The minimum absolute atomic E-state index is 0.118. The number of benzene rings is 2. The highest BCUT2D eigenvalue weighted by Gasteiger charge is 2.18. The molecule has 0 fully saturated rings. The van der Waals surface area contributed by atoms with E-state index in [4.69, 9.17) is 14.0 Å². The number of rotatable bonds is 8. The van der Waals surface area contributed by atoms with Gasteiger partial charge >= 0.3 is 0 Å². The average Bonchev–Trinajstić information content (AvgIpc) is 3.21. The summed E-state index contributed by atoms with van der Waals surface area (Å²) in [6.07, 6.45) is 0.653. The van der Waals surface area contributed by atoms with Crippen molar-refractivity contribution in [3.8, 4) is 22.9 Å². The number of hydrogen-bond acceptors (Lipinski definition) is 7. The van der Waals surface area contributed by atoms with Crippen molar-refractivity contribution in [1.82, 2.24) is 14.9 Å². The quantitative estimate of drug-likeness (QED) is 0.617. The molecule has 1 heterocycles. The first-order valence-electron chi connectivity index (χ1n) is 8.60. The summed E-state index contributed by atoms with van der Waals surface area (Å²) in [7, 11) is -0.615. The highest BCUT2D eigenvalue weighted by atomic mass is 32.2. The third-order valence-electron chi connectivity index (χ3n) is 4.15. The van der Waals surface area contributed by atoms with E-state index in [1.807, 2.05) is 19.1 Å². The second-order valence-electron chi connectivity index (χ2n) is 5.90. The van der Waals surface area contributed by atoms with Crippen LogP contribution in [0.25, 0.3) is 11.4 Å². The summed E-state index contributed by atoms with van der Waals surface area (Å²) < 4.78 is 43.2. The molecule has 0 unspecified atom stereocenters. The van der Waals surface area contributed by atoms with Gasteiger partial charge < -0.3 is 14.0 Å². The van der Waals surface area contributed by atoms with Gasteiger partial charge in [-0.15, -0.1) is 0 Å². The largest absolute Gasteiger partial charge is 0.497 e. The predicted molar refractivity (Wildman–Crippen MR) is 103 cm³/mol. The van der Waals surface area contributed by atoms with Crippen molar-refractivity contribution in [2.75, 3.05) is 14.2 Å². The van der Waals surface area contributed by atoms with E-state index in [1.54, 1.807) is 38.5 Å². The van der Waals surface area contributed by atoms with Gasteiger partial charge in [-0.05, 0) is 42.3 Å². The number of ether oxygens (including phenoxy) is 2. The molecule has 0 amide bonds. The van der Waals surface area contributed by atoms with Crippen LogP contribution in [0.4, 0.5) is 0 Å². The number of aromatic nitrogens is 2. The van der Waals surface area contributed by atoms with Gasteiger partial charge in [0, 0.05) is 5.56 Å². The van der Waals surface area contributed by atoms with Gasteiger partial charge in [0.05, 0.1) is 25.7 Å². The lowest BCUT2D eigenvalue weighted by molar-refractivity contribution is 0.376. The number of sulfonamides is 1. The summed E-state index contributed by atoms with van der Waals surface area (Å²) in [5.74, 6) is 1.83. The Hall–Kier alpha value is -2.91. The van der Waals surface area contributed by atoms with Crippen LogP contribution < -0.4 is 14.2 Å². The fourth-order valence-corrected chi connectivity index (χ4v) is 3.67. The molecule has 9 heteroatoms. The molecule has 0 aliphatic rings. The van der Waals surface area contributed by atoms with Gasteiger partial charge in [0.1, 0.15) is 11.5 Å². The Kier molecular flexibility index (Phi) is 5.96. The highest BCUT2D eigenvalue weighted by molar-refractivity contribution is 7.89. The molecule has 28 heavy (non-hydrogen) atoms. The molecule has 3 rings (SSSR count). The molecule has 2 aromatic carbocycles. The zero-order chi connectivity index (χ0) is 20.1. The topological polar surface area (TPSA) is 104 Å². The molecule has 8 nitrogen and oxygen atoms in total. The molecule has 0 aliphatic heterocycles. The van der Waals surface area contributed by atoms with E-state index in [-0.39, 0.29) is 17.3 Å². The standard InChI is InChI=1S/C19H21N3O5S/c1-4-13-11-16(8-9-17(13)26-3)28(23,24)20-12-18-21-19(22-27-18)14-6-5-7-15(10-14)25-2/h5-11,20H,4,12H2,1-3H3. The van der Waals surface area contributed by atoms with Crippen LogP contribution in [-0.2, 0) is 23.0 Å². The average molecular weight is 403 g/mol. The van der Waals surface area contributed by atoms with Crippen LogP contribution in [0.1, 0.15) is 18.4 Å². The molecule has 1 aromatic heterocycles. The maximum atomic E-state index is 12.6. The summed E-state index contributed by atoms with van der Waals surface area (Å²) in [6, 6.07) is 11.9. The third kappa shape index (κ3) is 4.32. The van der Waals surface area contributed by atoms with Crippen LogP contribution in [0.5, 0.6) is 11.5 Å². The van der Waals surface area contributed by atoms with Crippen molar-refractivity contribution in [3.63, 3.8) is 0 Å². The smallest absolute Gasteiger partial charge is 0.242 e. The monoisotopic (exact) mass is 403 g/mol. The van der Waals surface area contributed by atoms with Crippen molar-refractivity contribution >= 4 is 10.0 Å². The second kappa shape index (κ2) is 8.41. The van der Waals surface area contributed by atoms with Gasteiger partial charge in [-0.1, -0.05) is 24.2 Å². The zero-order valence-electron chi connectivity index (χ0n) is 15.8. The van der Waals surface area contributed by atoms with Crippen LogP contribution in [-0.4, -0.2) is 32.8 Å². The Balaban J connectivity index is 1.74. The Morgan fingerprint density at radius 1 is 1.11 bits per heavy atom. The van der Waals surface area contributed by atoms with E-state index in [0.717, 1.165) is 5.56 Å². The molecule has 0 radical (unpaired) electrons. The lowest BCUT2D eigenvalue weighted by Gasteiger charge is -2.10. The Labute approximate surface area is 163 Å². The molecule has 0 aliphatic carbocycles. The van der Waals surface area contributed by atoms with E-state index in [1.165, 1.54) is 6.07 Å². The molecule has 1 N–H and O–H groups in total. The van der Waals surface area contributed by atoms with Crippen molar-refractivity contribution in [1.29, 1.82) is 0 Å². The molecule has 0 saturated carbocycles. The van der Waals surface area contributed by atoms with E-state index in [9.17, 15) is 8.42 Å². The van der Waals surface area contributed by atoms with Crippen molar-refractivity contribution in [2.24, 2.45) is 0 Å². The highest BCUT2D eigenvalue weighted by Crippen LogP contribution is 2.23.